The van der Waals surface area contributed by atoms with Gasteiger partial charge in [-0.15, -0.1) is 11.3 Å². The van der Waals surface area contributed by atoms with Crippen molar-refractivity contribution in [2.24, 2.45) is 11.8 Å². The lowest BCUT2D eigenvalue weighted by molar-refractivity contribution is 0.217. The molecule has 1 unspecified atom stereocenters. The lowest BCUT2D eigenvalue weighted by atomic mass is 10.0. The average molecular weight is 495 g/mol. The molecule has 2 aliphatic rings. The number of fused-ring (bicyclic) bond motifs is 1. The van der Waals surface area contributed by atoms with Crippen LogP contribution in [0, 0.1) is 18.8 Å². The number of nitrogens with one attached hydrogen (secondary N) is 2. The smallest absolute Gasteiger partial charge is 0.224 e. The van der Waals surface area contributed by atoms with E-state index in [0.717, 1.165) is 65.1 Å². The molecule has 5 rings (SSSR count). The summed E-state index contributed by atoms with van der Waals surface area (Å²) in [7, 11) is 0. The molecule has 3 aromatic rings. The van der Waals surface area contributed by atoms with Crippen LogP contribution in [-0.4, -0.2) is 44.7 Å². The van der Waals surface area contributed by atoms with Gasteiger partial charge < -0.3 is 15.7 Å². The maximum atomic E-state index is 9.61. The number of aliphatic hydroxyl groups is 1. The van der Waals surface area contributed by atoms with Crippen molar-refractivity contribution in [3.63, 3.8) is 0 Å². The first-order valence-electron chi connectivity index (χ1n) is 13.4. The summed E-state index contributed by atoms with van der Waals surface area (Å²) in [6.07, 6.45) is 12.8. The molecular formula is C27H38N6OS. The van der Waals surface area contributed by atoms with Crippen LogP contribution in [0.15, 0.2) is 12.3 Å². The third-order valence-corrected chi connectivity index (χ3v) is 8.63. The van der Waals surface area contributed by atoms with Crippen molar-refractivity contribution in [2.45, 2.75) is 77.6 Å². The second-order valence-corrected chi connectivity index (χ2v) is 11.3. The van der Waals surface area contributed by atoms with E-state index in [1.54, 1.807) is 11.3 Å². The standard InChI is InChI=1S/C27H38N6OS/c1-3-18(16-34)10-13-29-25-22(17(2)31-27(33-25)30-14-11-19-6-4-5-7-19)26-32-24-21(35-26)12-15-28-23(24)20-8-9-20/h12,15,18-20,34H,3-11,13-14,16H2,1-2H3,(H2,29,30,31,33). The van der Waals surface area contributed by atoms with E-state index in [-0.39, 0.29) is 6.61 Å². The Morgan fingerprint density at radius 3 is 2.66 bits per heavy atom. The molecule has 0 amide bonds. The number of nitrogens with zero attached hydrogens (tertiary/aromatic N) is 4. The molecule has 0 aromatic carbocycles. The minimum Gasteiger partial charge on any atom is -0.396 e. The van der Waals surface area contributed by atoms with Crippen LogP contribution in [0.3, 0.4) is 0 Å². The Kier molecular flexibility index (Phi) is 7.78. The van der Waals surface area contributed by atoms with Gasteiger partial charge in [0.25, 0.3) is 0 Å². The van der Waals surface area contributed by atoms with Crippen LogP contribution in [0.1, 0.15) is 82.0 Å². The quantitative estimate of drug-likeness (QED) is 0.278. The van der Waals surface area contributed by atoms with Crippen LogP contribution < -0.4 is 10.6 Å². The zero-order valence-corrected chi connectivity index (χ0v) is 21.8. The lowest BCUT2D eigenvalue weighted by Crippen LogP contribution is -2.15. The molecule has 3 heterocycles. The summed E-state index contributed by atoms with van der Waals surface area (Å²) >= 11 is 1.70. The third-order valence-electron chi connectivity index (χ3n) is 7.59. The summed E-state index contributed by atoms with van der Waals surface area (Å²) < 4.78 is 1.17. The molecule has 0 aliphatic heterocycles. The van der Waals surface area contributed by atoms with E-state index in [1.807, 2.05) is 6.20 Å². The zero-order chi connectivity index (χ0) is 24.2. The van der Waals surface area contributed by atoms with Crippen molar-refractivity contribution in [3.8, 4) is 10.6 Å². The molecule has 35 heavy (non-hydrogen) atoms. The van der Waals surface area contributed by atoms with Gasteiger partial charge in [-0.05, 0) is 50.5 Å². The second-order valence-electron chi connectivity index (χ2n) is 10.2. The van der Waals surface area contributed by atoms with Gasteiger partial charge in [0.2, 0.25) is 5.95 Å². The highest BCUT2D eigenvalue weighted by Crippen LogP contribution is 2.44. The molecule has 0 radical (unpaired) electrons. The van der Waals surface area contributed by atoms with Gasteiger partial charge in [-0.25, -0.2) is 9.97 Å². The van der Waals surface area contributed by atoms with Crippen LogP contribution in [0.25, 0.3) is 20.8 Å². The van der Waals surface area contributed by atoms with Crippen molar-refractivity contribution in [1.29, 1.82) is 0 Å². The summed E-state index contributed by atoms with van der Waals surface area (Å²) in [6.45, 7) is 6.06. The van der Waals surface area contributed by atoms with Gasteiger partial charge in [0, 0.05) is 31.8 Å². The van der Waals surface area contributed by atoms with Crippen molar-refractivity contribution in [1.82, 2.24) is 19.9 Å². The highest BCUT2D eigenvalue weighted by molar-refractivity contribution is 7.21. The van der Waals surface area contributed by atoms with E-state index in [9.17, 15) is 5.11 Å². The van der Waals surface area contributed by atoms with E-state index < -0.39 is 0 Å². The van der Waals surface area contributed by atoms with Gasteiger partial charge in [-0.3, -0.25) is 4.98 Å². The Morgan fingerprint density at radius 1 is 1.09 bits per heavy atom. The van der Waals surface area contributed by atoms with Gasteiger partial charge in [0.05, 0.1) is 21.7 Å². The fourth-order valence-corrected chi connectivity index (χ4v) is 6.25. The van der Waals surface area contributed by atoms with Crippen LogP contribution in [0.2, 0.25) is 0 Å². The van der Waals surface area contributed by atoms with Crippen molar-refractivity contribution < 1.29 is 5.11 Å². The van der Waals surface area contributed by atoms with Crippen LogP contribution in [-0.2, 0) is 0 Å². The molecule has 3 N–H and O–H groups in total. The molecule has 2 saturated carbocycles. The normalized spacial score (nSPS) is 17.2. The Hall–Kier alpha value is -2.32. The fraction of sp³-hybridized carbons (Fsp3) is 0.630. The third kappa shape index (κ3) is 5.75. The maximum absolute atomic E-state index is 9.61. The molecule has 7 nitrogen and oxygen atoms in total. The molecule has 2 fully saturated rings. The SMILES string of the molecule is CCC(CO)CCNc1nc(NCCC2CCCC2)nc(C)c1-c1nc2c(C3CC3)nccc2s1. The number of aromatic nitrogens is 4. The predicted molar refractivity (Wildman–Crippen MR) is 144 cm³/mol. The molecule has 0 bridgehead atoms. The predicted octanol–water partition coefficient (Wildman–Crippen LogP) is 6.15. The van der Waals surface area contributed by atoms with Gasteiger partial charge >= 0.3 is 0 Å². The number of hydrogen-bond acceptors (Lipinski definition) is 8. The number of aliphatic hydroxyl groups excluding tert-OH is 1. The minimum atomic E-state index is 0.219. The van der Waals surface area contributed by atoms with Crippen LogP contribution >= 0.6 is 11.3 Å². The Labute approximate surface area is 212 Å². The van der Waals surface area contributed by atoms with Crippen LogP contribution in [0.5, 0.6) is 0 Å². The molecule has 3 aromatic heterocycles. The number of aryl methyl sites for hydroxylation is 1. The largest absolute Gasteiger partial charge is 0.396 e. The van der Waals surface area contributed by atoms with E-state index in [4.69, 9.17) is 15.0 Å². The average Bonchev–Trinajstić information content (AvgIpc) is 3.39. The summed E-state index contributed by atoms with van der Waals surface area (Å²) in [5.41, 5.74) is 4.08. The topological polar surface area (TPSA) is 95.8 Å². The number of thiazole rings is 1. The number of pyridine rings is 1. The second kappa shape index (κ2) is 11.2. The Morgan fingerprint density at radius 2 is 1.91 bits per heavy atom. The molecule has 0 spiro atoms. The van der Waals surface area contributed by atoms with Crippen LogP contribution in [0.4, 0.5) is 11.8 Å². The summed E-state index contributed by atoms with van der Waals surface area (Å²) in [5.74, 6) is 3.20. The summed E-state index contributed by atoms with van der Waals surface area (Å²) in [5, 5.41) is 17.6. The molecule has 8 heteroatoms. The Balaban J connectivity index is 1.41. The van der Waals surface area contributed by atoms with Crippen molar-refractivity contribution >= 4 is 33.3 Å². The summed E-state index contributed by atoms with van der Waals surface area (Å²) in [4.78, 5) is 19.5. The monoisotopic (exact) mass is 494 g/mol. The van der Waals surface area contributed by atoms with Gasteiger partial charge in [0.1, 0.15) is 16.3 Å². The molecule has 0 saturated heterocycles. The van der Waals surface area contributed by atoms with E-state index in [2.05, 4.69) is 35.5 Å². The highest BCUT2D eigenvalue weighted by atomic mass is 32.1. The van der Waals surface area contributed by atoms with Crippen molar-refractivity contribution in [3.05, 3.63) is 23.7 Å². The zero-order valence-electron chi connectivity index (χ0n) is 21.0. The number of hydrogen-bond donors (Lipinski definition) is 3. The molecule has 1 atom stereocenters. The highest BCUT2D eigenvalue weighted by Gasteiger charge is 2.29. The van der Waals surface area contributed by atoms with E-state index in [1.165, 1.54) is 49.6 Å². The first-order chi connectivity index (χ1) is 17.2. The minimum absolute atomic E-state index is 0.219. The molecule has 2 aliphatic carbocycles. The maximum Gasteiger partial charge on any atom is 0.224 e. The first-order valence-corrected chi connectivity index (χ1v) is 14.2. The Bertz CT molecular complexity index is 1130. The molecule has 188 valence electrons. The van der Waals surface area contributed by atoms with E-state index in [0.29, 0.717) is 17.8 Å². The van der Waals surface area contributed by atoms with Crippen molar-refractivity contribution in [2.75, 3.05) is 30.3 Å². The van der Waals surface area contributed by atoms with E-state index >= 15 is 0 Å². The molecular weight excluding hydrogens is 456 g/mol. The number of anilines is 2. The van der Waals surface area contributed by atoms with Gasteiger partial charge in [0.15, 0.2) is 0 Å². The van der Waals surface area contributed by atoms with Gasteiger partial charge in [-0.2, -0.15) is 4.98 Å². The summed E-state index contributed by atoms with van der Waals surface area (Å²) in [6, 6.07) is 2.07. The number of rotatable bonds is 12. The first kappa shape index (κ1) is 24.4. The fourth-order valence-electron chi connectivity index (χ4n) is 5.18. The van der Waals surface area contributed by atoms with Gasteiger partial charge in [-0.1, -0.05) is 39.0 Å². The lowest BCUT2D eigenvalue weighted by Gasteiger charge is -2.17.